The highest BCUT2D eigenvalue weighted by atomic mass is 32.2. The molecule has 9 heteroatoms. The van der Waals surface area contributed by atoms with Crippen LogP contribution in [0.15, 0.2) is 17.0 Å². The minimum Gasteiger partial charge on any atom is -0.481 e. The van der Waals surface area contributed by atoms with Crippen molar-refractivity contribution in [1.29, 1.82) is 0 Å². The van der Waals surface area contributed by atoms with E-state index in [1.807, 2.05) is 0 Å². The van der Waals surface area contributed by atoms with E-state index in [9.17, 15) is 28.4 Å². The molecule has 0 amide bonds. The highest BCUT2D eigenvalue weighted by Gasteiger charge is 2.37. The third-order valence-corrected chi connectivity index (χ3v) is 6.26. The van der Waals surface area contributed by atoms with Gasteiger partial charge in [-0.15, -0.1) is 0 Å². The first-order valence-electron chi connectivity index (χ1n) is 7.52. The number of hydrogen-bond donors (Lipinski definition) is 1. The number of aliphatic carboxylic acids is 1. The van der Waals surface area contributed by atoms with Crippen molar-refractivity contribution in [3.63, 3.8) is 0 Å². The Labute approximate surface area is 140 Å². The molecule has 1 saturated heterocycles. The number of carboxylic acids is 1. The summed E-state index contributed by atoms with van der Waals surface area (Å²) in [5.74, 6) is -1.91. The fourth-order valence-electron chi connectivity index (χ4n) is 3.11. The first-order chi connectivity index (χ1) is 11.0. The molecule has 8 nitrogen and oxygen atoms in total. The van der Waals surface area contributed by atoms with Crippen molar-refractivity contribution in [2.75, 3.05) is 13.1 Å². The lowest BCUT2D eigenvalue weighted by atomic mass is 9.92. The minimum absolute atomic E-state index is 0.102. The third-order valence-electron chi connectivity index (χ3n) is 4.28. The molecule has 2 rings (SSSR count). The molecule has 0 radical (unpaired) electrons. The summed E-state index contributed by atoms with van der Waals surface area (Å²) in [6.45, 7) is 5.00. The molecule has 1 heterocycles. The topological polar surface area (TPSA) is 118 Å². The Bertz CT molecular complexity index is 789. The number of benzene rings is 1. The van der Waals surface area contributed by atoms with E-state index in [-0.39, 0.29) is 29.6 Å². The van der Waals surface area contributed by atoms with E-state index in [4.69, 9.17) is 0 Å². The number of nitro benzene ring substituents is 1. The average Bonchev–Trinajstić information content (AvgIpc) is 2.45. The van der Waals surface area contributed by atoms with Crippen LogP contribution in [0.4, 0.5) is 5.69 Å². The molecule has 24 heavy (non-hydrogen) atoms. The van der Waals surface area contributed by atoms with Gasteiger partial charge in [-0.2, -0.15) is 4.31 Å². The van der Waals surface area contributed by atoms with Gasteiger partial charge < -0.3 is 5.11 Å². The minimum atomic E-state index is -4.00. The maximum atomic E-state index is 12.9. The average molecular weight is 356 g/mol. The zero-order valence-electron chi connectivity index (χ0n) is 13.7. The highest BCUT2D eigenvalue weighted by molar-refractivity contribution is 7.89. The number of carboxylic acid groups (broad SMARTS) is 1. The highest BCUT2D eigenvalue weighted by Crippen LogP contribution is 2.31. The number of aryl methyl sites for hydroxylation is 2. The van der Waals surface area contributed by atoms with Gasteiger partial charge in [0, 0.05) is 24.7 Å². The summed E-state index contributed by atoms with van der Waals surface area (Å²) in [5, 5.41) is 20.3. The third kappa shape index (κ3) is 3.41. The fourth-order valence-corrected chi connectivity index (χ4v) is 4.94. The van der Waals surface area contributed by atoms with Crippen molar-refractivity contribution in [2.24, 2.45) is 11.8 Å². The first-order valence-corrected chi connectivity index (χ1v) is 8.96. The van der Waals surface area contributed by atoms with Gasteiger partial charge in [0.1, 0.15) is 0 Å². The Morgan fingerprint density at radius 1 is 1.29 bits per heavy atom. The number of carbonyl (C=O) groups is 1. The van der Waals surface area contributed by atoms with E-state index in [1.165, 1.54) is 6.07 Å². The van der Waals surface area contributed by atoms with Crippen molar-refractivity contribution in [3.8, 4) is 0 Å². The van der Waals surface area contributed by atoms with Gasteiger partial charge in [-0.25, -0.2) is 8.42 Å². The second-order valence-electron chi connectivity index (χ2n) is 6.36. The largest absolute Gasteiger partial charge is 0.481 e. The molecular weight excluding hydrogens is 336 g/mol. The number of nitro groups is 1. The normalized spacial score (nSPS) is 22.3. The van der Waals surface area contributed by atoms with Crippen LogP contribution in [0, 0.1) is 35.8 Å². The molecule has 132 valence electrons. The van der Waals surface area contributed by atoms with Gasteiger partial charge in [0.15, 0.2) is 0 Å². The van der Waals surface area contributed by atoms with Crippen LogP contribution in [0.2, 0.25) is 0 Å². The Morgan fingerprint density at radius 3 is 2.46 bits per heavy atom. The number of nitrogens with zero attached hydrogens (tertiary/aromatic N) is 2. The predicted octanol–water partition coefficient (Wildman–Crippen LogP) is 1.94. The molecule has 0 saturated carbocycles. The Kier molecular flexibility index (Phi) is 4.95. The van der Waals surface area contributed by atoms with Crippen LogP contribution in [0.5, 0.6) is 0 Å². The van der Waals surface area contributed by atoms with Gasteiger partial charge >= 0.3 is 5.97 Å². The Hall–Kier alpha value is -2.00. The van der Waals surface area contributed by atoms with E-state index < -0.39 is 26.8 Å². The van der Waals surface area contributed by atoms with Crippen LogP contribution in [-0.4, -0.2) is 41.8 Å². The van der Waals surface area contributed by atoms with Crippen molar-refractivity contribution in [3.05, 3.63) is 33.4 Å². The summed E-state index contributed by atoms with van der Waals surface area (Å²) < 4.78 is 27.0. The van der Waals surface area contributed by atoms with E-state index in [1.54, 1.807) is 20.8 Å². The summed E-state index contributed by atoms with van der Waals surface area (Å²) in [4.78, 5) is 21.6. The van der Waals surface area contributed by atoms with Crippen molar-refractivity contribution in [2.45, 2.75) is 32.1 Å². The molecule has 1 aromatic carbocycles. The number of rotatable bonds is 4. The molecule has 1 aliphatic rings. The zero-order valence-corrected chi connectivity index (χ0v) is 14.5. The van der Waals surface area contributed by atoms with Crippen LogP contribution >= 0.6 is 0 Å². The summed E-state index contributed by atoms with van der Waals surface area (Å²) in [6, 6.07) is 2.53. The van der Waals surface area contributed by atoms with Crippen LogP contribution in [0.25, 0.3) is 0 Å². The van der Waals surface area contributed by atoms with Gasteiger partial charge in [-0.05, 0) is 37.8 Å². The predicted molar refractivity (Wildman–Crippen MR) is 86.2 cm³/mol. The van der Waals surface area contributed by atoms with Crippen molar-refractivity contribution >= 4 is 21.7 Å². The molecule has 0 aromatic heterocycles. The summed E-state index contributed by atoms with van der Waals surface area (Å²) in [5.41, 5.74) is 0.522. The second kappa shape index (κ2) is 6.48. The lowest BCUT2D eigenvalue weighted by Crippen LogP contribution is -2.45. The quantitative estimate of drug-likeness (QED) is 0.650. The van der Waals surface area contributed by atoms with Crippen LogP contribution < -0.4 is 0 Å². The van der Waals surface area contributed by atoms with E-state index in [2.05, 4.69) is 0 Å². The number of sulfonamides is 1. The lowest BCUT2D eigenvalue weighted by Gasteiger charge is -2.34. The van der Waals surface area contributed by atoms with Gasteiger partial charge in [0.2, 0.25) is 10.0 Å². The van der Waals surface area contributed by atoms with Crippen LogP contribution in [0.1, 0.15) is 24.5 Å². The van der Waals surface area contributed by atoms with Gasteiger partial charge in [-0.1, -0.05) is 6.92 Å². The molecule has 0 aliphatic carbocycles. The SMILES string of the molecule is Cc1cc(C)c(S(=O)(=O)N2CC(C)CC(C(=O)O)C2)cc1[N+](=O)[O-]. The van der Waals surface area contributed by atoms with E-state index in [0.29, 0.717) is 17.5 Å². The first kappa shape index (κ1) is 18.3. The smallest absolute Gasteiger partial charge is 0.307 e. The number of piperidine rings is 1. The maximum absolute atomic E-state index is 12.9. The summed E-state index contributed by atoms with van der Waals surface area (Å²) >= 11 is 0. The van der Waals surface area contributed by atoms with E-state index >= 15 is 0 Å². The second-order valence-corrected chi connectivity index (χ2v) is 8.27. The molecule has 1 aromatic rings. The monoisotopic (exact) mass is 356 g/mol. The fraction of sp³-hybridized carbons (Fsp3) is 0.533. The summed E-state index contributed by atoms with van der Waals surface area (Å²) in [6.07, 6.45) is 0.411. The van der Waals surface area contributed by atoms with Gasteiger partial charge in [0.25, 0.3) is 5.69 Å². The van der Waals surface area contributed by atoms with Crippen LogP contribution in [0.3, 0.4) is 0 Å². The molecule has 1 N–H and O–H groups in total. The molecule has 0 spiro atoms. The molecule has 2 unspecified atom stereocenters. The Balaban J connectivity index is 2.48. The maximum Gasteiger partial charge on any atom is 0.307 e. The zero-order chi connectivity index (χ0) is 18.2. The van der Waals surface area contributed by atoms with Crippen molar-refractivity contribution in [1.82, 2.24) is 4.31 Å². The lowest BCUT2D eigenvalue weighted by molar-refractivity contribution is -0.385. The number of hydrogen-bond acceptors (Lipinski definition) is 5. The van der Waals surface area contributed by atoms with E-state index in [0.717, 1.165) is 10.4 Å². The summed E-state index contributed by atoms with van der Waals surface area (Å²) in [7, 11) is -4.00. The van der Waals surface area contributed by atoms with Gasteiger partial charge in [0.05, 0.1) is 15.7 Å². The van der Waals surface area contributed by atoms with Gasteiger partial charge in [-0.3, -0.25) is 14.9 Å². The van der Waals surface area contributed by atoms with Crippen molar-refractivity contribution < 1.29 is 23.2 Å². The standard InChI is InChI=1S/C15H20N2O6S/c1-9-4-12(15(18)19)8-16(7-9)24(22,23)14-6-13(17(20)21)10(2)5-11(14)3/h5-6,9,12H,4,7-8H2,1-3H3,(H,18,19). The Morgan fingerprint density at radius 2 is 1.92 bits per heavy atom. The molecule has 1 fully saturated rings. The molecule has 0 bridgehead atoms. The molecule has 1 aliphatic heterocycles. The molecular formula is C15H20N2O6S. The molecule has 2 atom stereocenters. The van der Waals surface area contributed by atoms with Crippen LogP contribution in [-0.2, 0) is 14.8 Å².